The summed E-state index contributed by atoms with van der Waals surface area (Å²) in [6.07, 6.45) is 0. The van der Waals surface area contributed by atoms with Crippen LogP contribution >= 0.6 is 24.0 Å². The van der Waals surface area contributed by atoms with Crippen LogP contribution in [-0.2, 0) is 9.53 Å². The maximum absolute atomic E-state index is 12.7. The van der Waals surface area contributed by atoms with Gasteiger partial charge in [-0.05, 0) is 30.3 Å². The zero-order chi connectivity index (χ0) is 15.8. The molecule has 0 saturated heterocycles. The Labute approximate surface area is 140 Å². The number of rotatable bonds is 6. The van der Waals surface area contributed by atoms with Gasteiger partial charge in [0.2, 0.25) is 4.38 Å². The Morgan fingerprint density at radius 1 is 1.05 bits per heavy atom. The third kappa shape index (κ3) is 4.68. The molecule has 0 heterocycles. The van der Waals surface area contributed by atoms with E-state index >= 15 is 0 Å². The van der Waals surface area contributed by atoms with Crippen molar-refractivity contribution in [1.29, 1.82) is 0 Å². The first-order valence-electron chi connectivity index (χ1n) is 7.14. The van der Waals surface area contributed by atoms with E-state index < -0.39 is 0 Å². The molecule has 0 radical (unpaired) electrons. The van der Waals surface area contributed by atoms with Crippen molar-refractivity contribution in [3.8, 4) is 0 Å². The van der Waals surface area contributed by atoms with Gasteiger partial charge in [0.1, 0.15) is 0 Å². The number of Topliss-reactive ketones (excluding diaryl/α,β-unsaturated/α-hetero) is 1. The van der Waals surface area contributed by atoms with Gasteiger partial charge in [-0.15, -0.1) is 0 Å². The quantitative estimate of drug-likeness (QED) is 0.731. The van der Waals surface area contributed by atoms with Crippen LogP contribution in [0.5, 0.6) is 0 Å². The molecule has 2 aromatic carbocycles. The van der Waals surface area contributed by atoms with Gasteiger partial charge >= 0.3 is 0 Å². The fraction of sp³-hybridized carbons (Fsp3) is 0.222. The van der Waals surface area contributed by atoms with Gasteiger partial charge in [0.25, 0.3) is 0 Å². The molecule has 114 valence electrons. The number of carbonyl (C=O) groups excluding carboxylic acids is 1. The molecular weight excluding hydrogens is 312 g/mol. The lowest BCUT2D eigenvalue weighted by atomic mass is 9.88. The zero-order valence-corrected chi connectivity index (χ0v) is 14.0. The molecule has 0 aromatic heterocycles. The van der Waals surface area contributed by atoms with Gasteiger partial charge in [-0.25, -0.2) is 0 Å². The Morgan fingerprint density at radius 3 is 2.00 bits per heavy atom. The largest absolute Gasteiger partial charge is 0.479 e. The summed E-state index contributed by atoms with van der Waals surface area (Å²) in [5.74, 6) is 0.177. The van der Waals surface area contributed by atoms with E-state index in [0.717, 1.165) is 11.1 Å². The highest BCUT2D eigenvalue weighted by molar-refractivity contribution is 8.23. The normalized spacial score (nSPS) is 10.5. The van der Waals surface area contributed by atoms with Crippen molar-refractivity contribution in [2.45, 2.75) is 12.8 Å². The summed E-state index contributed by atoms with van der Waals surface area (Å²) in [6.45, 7) is 2.41. The standard InChI is InChI=1S/C18H18O2S2/c1-2-20-18(21)22-13-16(19)17(14-9-5-3-6-10-14)15-11-7-4-8-12-15/h3-12,17H,2,13H2,1H3. The predicted octanol–water partition coefficient (Wildman–Crippen LogP) is 4.44. The smallest absolute Gasteiger partial charge is 0.220 e. The molecule has 0 aliphatic rings. The van der Waals surface area contributed by atoms with E-state index in [1.807, 2.05) is 67.6 Å². The number of hydrogen-bond donors (Lipinski definition) is 0. The Hall–Kier alpha value is -1.65. The van der Waals surface area contributed by atoms with E-state index in [4.69, 9.17) is 17.0 Å². The minimum Gasteiger partial charge on any atom is -0.479 e. The lowest BCUT2D eigenvalue weighted by molar-refractivity contribution is -0.117. The van der Waals surface area contributed by atoms with Gasteiger partial charge in [-0.3, -0.25) is 4.79 Å². The van der Waals surface area contributed by atoms with Crippen LogP contribution in [0, 0.1) is 0 Å². The van der Waals surface area contributed by atoms with Gasteiger partial charge in [0.15, 0.2) is 5.78 Å². The topological polar surface area (TPSA) is 26.3 Å². The molecular formula is C18H18O2S2. The van der Waals surface area contributed by atoms with Gasteiger partial charge in [0.05, 0.1) is 18.3 Å². The SMILES string of the molecule is CCOC(=S)SCC(=O)C(c1ccccc1)c1ccccc1. The second-order valence-corrected chi connectivity index (χ2v) is 6.27. The van der Waals surface area contributed by atoms with E-state index in [-0.39, 0.29) is 11.7 Å². The van der Waals surface area contributed by atoms with Crippen LogP contribution in [0.2, 0.25) is 0 Å². The van der Waals surface area contributed by atoms with E-state index in [1.165, 1.54) is 11.8 Å². The number of carbonyl (C=O) groups is 1. The molecule has 0 spiro atoms. The molecule has 0 saturated carbocycles. The van der Waals surface area contributed by atoms with Crippen LogP contribution in [0.1, 0.15) is 24.0 Å². The number of ether oxygens (including phenoxy) is 1. The average molecular weight is 330 g/mol. The molecule has 2 nitrogen and oxygen atoms in total. The first-order chi connectivity index (χ1) is 10.7. The molecule has 2 rings (SSSR count). The zero-order valence-electron chi connectivity index (χ0n) is 12.4. The molecule has 22 heavy (non-hydrogen) atoms. The number of benzene rings is 2. The van der Waals surface area contributed by atoms with E-state index in [9.17, 15) is 4.79 Å². The van der Waals surface area contributed by atoms with Gasteiger partial charge in [0, 0.05) is 0 Å². The van der Waals surface area contributed by atoms with Gasteiger partial charge in [-0.2, -0.15) is 0 Å². The summed E-state index contributed by atoms with van der Waals surface area (Å²) in [5, 5.41) is 0. The molecule has 0 amide bonds. The molecule has 0 N–H and O–H groups in total. The predicted molar refractivity (Wildman–Crippen MR) is 96.4 cm³/mol. The van der Waals surface area contributed by atoms with Crippen molar-refractivity contribution in [2.24, 2.45) is 0 Å². The highest BCUT2D eigenvalue weighted by Gasteiger charge is 2.22. The van der Waals surface area contributed by atoms with Crippen molar-refractivity contribution < 1.29 is 9.53 Å². The second-order valence-electron chi connectivity index (χ2n) is 4.69. The summed E-state index contributed by atoms with van der Waals surface area (Å²) in [5.41, 5.74) is 2.00. The minimum atomic E-state index is -0.265. The third-order valence-corrected chi connectivity index (χ3v) is 4.44. The van der Waals surface area contributed by atoms with Gasteiger partial charge < -0.3 is 4.74 Å². The first kappa shape index (κ1) is 16.7. The Balaban J connectivity index is 2.18. The molecule has 0 atom stereocenters. The number of ketones is 1. The summed E-state index contributed by atoms with van der Waals surface area (Å²) >= 11 is 6.37. The highest BCUT2D eigenvalue weighted by atomic mass is 32.2. The highest BCUT2D eigenvalue weighted by Crippen LogP contribution is 2.27. The first-order valence-corrected chi connectivity index (χ1v) is 8.54. The number of hydrogen-bond acceptors (Lipinski definition) is 4. The molecule has 0 fully saturated rings. The third-order valence-electron chi connectivity index (χ3n) is 3.18. The Kier molecular flexibility index (Phi) is 6.62. The van der Waals surface area contributed by atoms with Crippen LogP contribution in [0.15, 0.2) is 60.7 Å². The Bertz CT molecular complexity index is 572. The lowest BCUT2D eigenvalue weighted by Crippen LogP contribution is -2.17. The van der Waals surface area contributed by atoms with Crippen LogP contribution in [0.3, 0.4) is 0 Å². The minimum absolute atomic E-state index is 0.129. The fourth-order valence-corrected chi connectivity index (χ4v) is 3.15. The van der Waals surface area contributed by atoms with E-state index in [0.29, 0.717) is 16.7 Å². The summed E-state index contributed by atoms with van der Waals surface area (Å²) in [4.78, 5) is 12.7. The van der Waals surface area contributed by atoms with E-state index in [2.05, 4.69) is 0 Å². The van der Waals surface area contributed by atoms with Crippen LogP contribution in [0.4, 0.5) is 0 Å². The van der Waals surface area contributed by atoms with E-state index in [1.54, 1.807) is 0 Å². The van der Waals surface area contributed by atoms with Crippen molar-refractivity contribution in [3.63, 3.8) is 0 Å². The van der Waals surface area contributed by atoms with Crippen molar-refractivity contribution in [2.75, 3.05) is 12.4 Å². The molecule has 0 bridgehead atoms. The fourth-order valence-electron chi connectivity index (χ4n) is 2.23. The molecule has 0 aliphatic heterocycles. The monoisotopic (exact) mass is 330 g/mol. The lowest BCUT2D eigenvalue weighted by Gasteiger charge is -2.17. The molecule has 4 heteroatoms. The number of thiocarbonyl (C=S) groups is 1. The molecule has 0 unspecified atom stereocenters. The maximum atomic E-state index is 12.7. The average Bonchev–Trinajstić information content (AvgIpc) is 2.55. The van der Waals surface area contributed by atoms with Crippen molar-refractivity contribution in [1.82, 2.24) is 0 Å². The number of thioether (sulfide) groups is 1. The second kappa shape index (κ2) is 8.71. The van der Waals surface area contributed by atoms with Gasteiger partial charge in [-0.1, -0.05) is 72.4 Å². The summed E-state index contributed by atoms with van der Waals surface area (Å²) in [6, 6.07) is 19.7. The van der Waals surface area contributed by atoms with Crippen molar-refractivity contribution in [3.05, 3.63) is 71.8 Å². The Morgan fingerprint density at radius 2 is 1.55 bits per heavy atom. The van der Waals surface area contributed by atoms with Crippen molar-refractivity contribution >= 4 is 34.1 Å². The molecule has 0 aliphatic carbocycles. The van der Waals surface area contributed by atoms with Crippen LogP contribution in [-0.4, -0.2) is 22.5 Å². The maximum Gasteiger partial charge on any atom is 0.220 e. The summed E-state index contributed by atoms with van der Waals surface area (Å²) in [7, 11) is 0. The summed E-state index contributed by atoms with van der Waals surface area (Å²) < 4.78 is 5.65. The molecule has 2 aromatic rings. The van der Waals surface area contributed by atoms with Crippen LogP contribution < -0.4 is 0 Å². The van der Waals surface area contributed by atoms with Crippen LogP contribution in [0.25, 0.3) is 0 Å².